The second-order valence-corrected chi connectivity index (χ2v) is 4.90. The summed E-state index contributed by atoms with van der Waals surface area (Å²) in [6.45, 7) is 0. The topological polar surface area (TPSA) is 74.8 Å². The molecule has 1 heterocycles. The number of carbonyl (C=O) groups is 1. The van der Waals surface area contributed by atoms with Gasteiger partial charge in [0.1, 0.15) is 11.4 Å². The van der Waals surface area contributed by atoms with Gasteiger partial charge in [-0.05, 0) is 48.5 Å². The fourth-order valence-electron chi connectivity index (χ4n) is 2.21. The molecule has 0 spiro atoms. The van der Waals surface area contributed by atoms with E-state index in [2.05, 4.69) is 4.99 Å². The van der Waals surface area contributed by atoms with Gasteiger partial charge in [0.2, 0.25) is 0 Å². The third kappa shape index (κ3) is 3.13. The Kier molecular flexibility index (Phi) is 3.93. The van der Waals surface area contributed by atoms with Crippen molar-refractivity contribution in [3.63, 3.8) is 0 Å². The Morgan fingerprint density at radius 2 is 1.74 bits per heavy atom. The van der Waals surface area contributed by atoms with Crippen LogP contribution in [0.15, 0.2) is 71.9 Å². The van der Waals surface area contributed by atoms with Crippen LogP contribution in [0.3, 0.4) is 0 Å². The lowest BCUT2D eigenvalue weighted by molar-refractivity contribution is 0.0697. The van der Waals surface area contributed by atoms with Crippen molar-refractivity contribution < 1.29 is 15.0 Å². The van der Waals surface area contributed by atoms with Crippen LogP contribution >= 0.6 is 0 Å². The molecule has 0 aliphatic carbocycles. The molecule has 0 amide bonds. The zero-order valence-corrected chi connectivity index (χ0v) is 12.1. The molecule has 3 rings (SSSR count). The van der Waals surface area contributed by atoms with Crippen LogP contribution in [0.5, 0.6) is 5.75 Å². The van der Waals surface area contributed by atoms with Crippen LogP contribution in [-0.4, -0.2) is 27.0 Å². The number of aromatic hydroxyl groups is 1. The van der Waals surface area contributed by atoms with Crippen molar-refractivity contribution in [2.75, 3.05) is 0 Å². The largest absolute Gasteiger partial charge is 0.506 e. The molecule has 0 saturated carbocycles. The normalized spacial score (nSPS) is 11.0. The van der Waals surface area contributed by atoms with E-state index in [0.29, 0.717) is 5.69 Å². The highest BCUT2D eigenvalue weighted by Crippen LogP contribution is 2.25. The Morgan fingerprint density at radius 1 is 1.00 bits per heavy atom. The zero-order chi connectivity index (χ0) is 16.2. The van der Waals surface area contributed by atoms with Crippen LogP contribution < -0.4 is 0 Å². The number of carboxylic acid groups (broad SMARTS) is 1. The summed E-state index contributed by atoms with van der Waals surface area (Å²) in [6, 6.07) is 17.2. The van der Waals surface area contributed by atoms with Crippen LogP contribution in [0.2, 0.25) is 0 Å². The SMILES string of the molecule is O=C(O)c1ccc(-n2cccc2C=Nc2ccccc2O)cc1. The number of hydrogen-bond donors (Lipinski definition) is 2. The van der Waals surface area contributed by atoms with Crippen LogP contribution in [0, 0.1) is 0 Å². The Labute approximate surface area is 132 Å². The maximum atomic E-state index is 10.9. The number of carboxylic acids is 1. The van der Waals surface area contributed by atoms with Gasteiger partial charge in [0.15, 0.2) is 0 Å². The summed E-state index contributed by atoms with van der Waals surface area (Å²) in [5.74, 6) is -0.835. The minimum Gasteiger partial charge on any atom is -0.506 e. The summed E-state index contributed by atoms with van der Waals surface area (Å²) in [6.07, 6.45) is 3.52. The maximum absolute atomic E-state index is 10.9. The lowest BCUT2D eigenvalue weighted by atomic mass is 10.2. The molecule has 0 aliphatic rings. The molecule has 0 saturated heterocycles. The molecule has 0 radical (unpaired) electrons. The molecular weight excluding hydrogens is 292 g/mol. The van der Waals surface area contributed by atoms with Crippen molar-refractivity contribution in [2.45, 2.75) is 0 Å². The van der Waals surface area contributed by atoms with Crippen molar-refractivity contribution >= 4 is 17.9 Å². The van der Waals surface area contributed by atoms with Gasteiger partial charge in [0, 0.05) is 11.9 Å². The number of phenolic OH excluding ortho intramolecular Hbond substituents is 1. The van der Waals surface area contributed by atoms with E-state index in [1.54, 1.807) is 54.7 Å². The van der Waals surface area contributed by atoms with Crippen molar-refractivity contribution in [3.05, 3.63) is 78.1 Å². The minimum atomic E-state index is -0.953. The summed E-state index contributed by atoms with van der Waals surface area (Å²) < 4.78 is 1.88. The second-order valence-electron chi connectivity index (χ2n) is 4.90. The molecule has 0 bridgehead atoms. The number of rotatable bonds is 4. The van der Waals surface area contributed by atoms with Gasteiger partial charge in [-0.2, -0.15) is 0 Å². The highest BCUT2D eigenvalue weighted by atomic mass is 16.4. The Bertz CT molecular complexity index is 864. The van der Waals surface area contributed by atoms with E-state index in [1.807, 2.05) is 22.9 Å². The van der Waals surface area contributed by atoms with Crippen molar-refractivity contribution in [1.82, 2.24) is 4.57 Å². The molecule has 2 N–H and O–H groups in total. The molecule has 0 fully saturated rings. The molecule has 3 aromatic rings. The lowest BCUT2D eigenvalue weighted by Gasteiger charge is -2.06. The van der Waals surface area contributed by atoms with E-state index in [1.165, 1.54) is 0 Å². The smallest absolute Gasteiger partial charge is 0.335 e. The van der Waals surface area contributed by atoms with Gasteiger partial charge >= 0.3 is 5.97 Å². The second kappa shape index (κ2) is 6.19. The molecule has 114 valence electrons. The number of aromatic nitrogens is 1. The maximum Gasteiger partial charge on any atom is 0.335 e. The Balaban J connectivity index is 1.90. The number of aromatic carboxylic acids is 1. The fraction of sp³-hybridized carbons (Fsp3) is 0. The van der Waals surface area contributed by atoms with Crippen LogP contribution in [0.4, 0.5) is 5.69 Å². The van der Waals surface area contributed by atoms with Gasteiger partial charge < -0.3 is 14.8 Å². The average Bonchev–Trinajstić information content (AvgIpc) is 3.02. The fourth-order valence-corrected chi connectivity index (χ4v) is 2.21. The Morgan fingerprint density at radius 3 is 2.43 bits per heavy atom. The van der Waals surface area contributed by atoms with Gasteiger partial charge in [0.05, 0.1) is 17.5 Å². The van der Waals surface area contributed by atoms with Gasteiger partial charge in [-0.1, -0.05) is 12.1 Å². The van der Waals surface area contributed by atoms with Gasteiger partial charge in [-0.15, -0.1) is 0 Å². The summed E-state index contributed by atoms with van der Waals surface area (Å²) in [4.78, 5) is 15.2. The third-order valence-corrected chi connectivity index (χ3v) is 3.39. The first-order valence-corrected chi connectivity index (χ1v) is 6.98. The quantitative estimate of drug-likeness (QED) is 0.723. The summed E-state index contributed by atoms with van der Waals surface area (Å²) >= 11 is 0. The monoisotopic (exact) mass is 306 g/mol. The number of hydrogen-bond acceptors (Lipinski definition) is 3. The van der Waals surface area contributed by atoms with E-state index < -0.39 is 5.97 Å². The minimum absolute atomic E-state index is 0.118. The number of phenols is 1. The van der Waals surface area contributed by atoms with E-state index in [9.17, 15) is 9.90 Å². The summed E-state index contributed by atoms with van der Waals surface area (Å²) in [5.41, 5.74) is 2.38. The van der Waals surface area contributed by atoms with Crippen LogP contribution in [0.1, 0.15) is 16.1 Å². The van der Waals surface area contributed by atoms with Gasteiger partial charge in [-0.3, -0.25) is 4.99 Å². The standard InChI is InChI=1S/C18H14N2O3/c21-17-6-2-1-5-16(17)19-12-15-4-3-11-20(15)14-9-7-13(8-10-14)18(22)23/h1-12,21H,(H,22,23). The van der Waals surface area contributed by atoms with Gasteiger partial charge in [-0.25, -0.2) is 4.79 Å². The Hall–Kier alpha value is -3.34. The van der Waals surface area contributed by atoms with E-state index in [4.69, 9.17) is 5.11 Å². The van der Waals surface area contributed by atoms with Crippen molar-refractivity contribution in [2.24, 2.45) is 4.99 Å². The average molecular weight is 306 g/mol. The van der Waals surface area contributed by atoms with Crippen LogP contribution in [-0.2, 0) is 0 Å². The number of para-hydroxylation sites is 2. The molecule has 23 heavy (non-hydrogen) atoms. The molecule has 5 heteroatoms. The van der Waals surface area contributed by atoms with E-state index in [-0.39, 0.29) is 11.3 Å². The predicted molar refractivity (Wildman–Crippen MR) is 88.1 cm³/mol. The highest BCUT2D eigenvalue weighted by molar-refractivity contribution is 5.88. The number of nitrogens with zero attached hydrogens (tertiary/aromatic N) is 2. The van der Waals surface area contributed by atoms with Crippen molar-refractivity contribution in [3.8, 4) is 11.4 Å². The molecule has 0 aliphatic heterocycles. The molecular formula is C18H14N2O3. The molecule has 0 atom stereocenters. The molecule has 5 nitrogen and oxygen atoms in total. The first-order chi connectivity index (χ1) is 11.1. The van der Waals surface area contributed by atoms with Gasteiger partial charge in [0.25, 0.3) is 0 Å². The zero-order valence-electron chi connectivity index (χ0n) is 12.1. The highest BCUT2D eigenvalue weighted by Gasteiger charge is 2.05. The summed E-state index contributed by atoms with van der Waals surface area (Å²) in [7, 11) is 0. The number of aliphatic imine (C=N–C) groups is 1. The number of benzene rings is 2. The molecule has 0 unspecified atom stereocenters. The summed E-state index contributed by atoms with van der Waals surface area (Å²) in [5, 5.41) is 18.7. The van der Waals surface area contributed by atoms with Crippen molar-refractivity contribution in [1.29, 1.82) is 0 Å². The predicted octanol–water partition coefficient (Wildman–Crippen LogP) is 3.63. The van der Waals surface area contributed by atoms with Crippen LogP contribution in [0.25, 0.3) is 5.69 Å². The first kappa shape index (κ1) is 14.6. The first-order valence-electron chi connectivity index (χ1n) is 6.98. The molecule has 2 aromatic carbocycles. The molecule has 1 aromatic heterocycles. The lowest BCUT2D eigenvalue weighted by Crippen LogP contribution is -2.00. The van der Waals surface area contributed by atoms with E-state index in [0.717, 1.165) is 11.4 Å². The van der Waals surface area contributed by atoms with E-state index >= 15 is 0 Å². The third-order valence-electron chi connectivity index (χ3n) is 3.39.